The minimum absolute atomic E-state index is 0. The third kappa shape index (κ3) is 39.7. The highest BCUT2D eigenvalue weighted by atomic mass is 79.9. The number of aliphatic carboxylic acids is 1. The number of carboxylic acids is 1. The fourth-order valence-electron chi connectivity index (χ4n) is 2.20. The molecule has 0 bridgehead atoms. The predicted molar refractivity (Wildman–Crippen MR) is 134 cm³/mol. The van der Waals surface area contributed by atoms with Gasteiger partial charge in [-0.1, -0.05) is 41.0 Å². The van der Waals surface area contributed by atoms with Crippen molar-refractivity contribution < 1.29 is 42.0 Å². The molecular weight excluding hydrogens is 538 g/mol. The van der Waals surface area contributed by atoms with Crippen molar-refractivity contribution in [1.82, 2.24) is 0 Å². The molecule has 0 radical (unpaired) electrons. The maximum Gasteiger partial charge on any atom is 0.132 e. The number of hydrogen-bond donors (Lipinski definition) is 3. The standard InChI is InChI=1S/C20H34O2.C3H8BrN.C2H4O2.BrH/c1-17(2)8-5-9-18(3)10-6-12-20(16-22)13-7-11-19(4)14-15-21;1-5(2)3-4;1-2(3)4;/h8,10,13-14,21-22H,5-7,9,11-12,15-16H2,1-4H3;3H2,1-2H3;1H3,(H,3,4);1H/p-1. The summed E-state index contributed by atoms with van der Waals surface area (Å²) in [5, 5.41) is 27.1. The van der Waals surface area contributed by atoms with E-state index in [9.17, 15) is 5.11 Å². The molecule has 32 heavy (non-hydrogen) atoms. The van der Waals surface area contributed by atoms with E-state index in [2.05, 4.69) is 69.0 Å². The smallest absolute Gasteiger partial charge is 0.132 e. The van der Waals surface area contributed by atoms with E-state index in [-0.39, 0.29) is 30.2 Å². The molecule has 0 unspecified atom stereocenters. The molecule has 0 atom stereocenters. The highest BCUT2D eigenvalue weighted by Crippen LogP contribution is 2.13. The lowest BCUT2D eigenvalue weighted by molar-refractivity contribution is -0.842. The van der Waals surface area contributed by atoms with Gasteiger partial charge in [0.15, 0.2) is 0 Å². The van der Waals surface area contributed by atoms with Gasteiger partial charge < -0.3 is 42.0 Å². The van der Waals surface area contributed by atoms with Crippen molar-refractivity contribution in [3.63, 3.8) is 0 Å². The monoisotopic (exact) mass is 582 g/mol. The van der Waals surface area contributed by atoms with Crippen LogP contribution in [0.3, 0.4) is 0 Å². The average molecular weight is 584 g/mol. The van der Waals surface area contributed by atoms with E-state index in [1.165, 1.54) is 21.6 Å². The van der Waals surface area contributed by atoms with Gasteiger partial charge in [-0.25, -0.2) is 0 Å². The number of aliphatic hydroxyl groups excluding tert-OH is 2. The first kappa shape index (κ1) is 38.5. The highest BCUT2D eigenvalue weighted by molar-refractivity contribution is 9.09. The van der Waals surface area contributed by atoms with Crippen molar-refractivity contribution in [3.05, 3.63) is 46.6 Å². The largest absolute Gasteiger partial charge is 1.00 e. The molecule has 0 aliphatic carbocycles. The Balaban J connectivity index is -0.000000330. The van der Waals surface area contributed by atoms with Gasteiger partial charge in [0.25, 0.3) is 0 Å². The molecule has 0 aromatic rings. The molecule has 0 aliphatic heterocycles. The van der Waals surface area contributed by atoms with Gasteiger partial charge in [0.2, 0.25) is 0 Å². The van der Waals surface area contributed by atoms with E-state index in [1.54, 1.807) is 0 Å². The van der Waals surface area contributed by atoms with Crippen LogP contribution < -0.4 is 27.0 Å². The van der Waals surface area contributed by atoms with E-state index < -0.39 is 5.97 Å². The lowest BCUT2D eigenvalue weighted by Crippen LogP contribution is -3.04. The van der Waals surface area contributed by atoms with Crippen molar-refractivity contribution in [1.29, 1.82) is 0 Å². The van der Waals surface area contributed by atoms with Gasteiger partial charge in [0, 0.05) is 5.97 Å². The van der Waals surface area contributed by atoms with Gasteiger partial charge >= 0.3 is 0 Å². The first-order chi connectivity index (χ1) is 14.5. The number of hydrogen-bond acceptors (Lipinski definition) is 4. The molecule has 190 valence electrons. The van der Waals surface area contributed by atoms with Crippen LogP contribution in [-0.2, 0) is 4.79 Å². The molecule has 0 heterocycles. The van der Waals surface area contributed by atoms with Crippen LogP contribution in [-0.4, -0.2) is 48.9 Å². The first-order valence-electron chi connectivity index (χ1n) is 10.9. The third-order valence-electron chi connectivity index (χ3n) is 3.93. The number of aliphatic hydroxyl groups is 2. The van der Waals surface area contributed by atoms with Crippen molar-refractivity contribution in [2.24, 2.45) is 0 Å². The van der Waals surface area contributed by atoms with Gasteiger partial charge in [-0.15, -0.1) is 0 Å². The number of carboxylic acid groups (broad SMARTS) is 1. The van der Waals surface area contributed by atoms with Gasteiger partial charge in [0.05, 0.1) is 27.3 Å². The second kappa shape index (κ2) is 28.3. The van der Waals surface area contributed by atoms with E-state index in [1.807, 2.05) is 13.0 Å². The average Bonchev–Trinajstić information content (AvgIpc) is 2.66. The van der Waals surface area contributed by atoms with Crippen LogP contribution in [0.2, 0.25) is 0 Å². The van der Waals surface area contributed by atoms with Crippen molar-refractivity contribution >= 4 is 21.9 Å². The SMILES string of the molecule is CC(=O)[O-].CC(C)=CCCC(C)=CCCC(=CCCC(C)=CCO)CO.C[NH+](C)CBr.[Br-]. The number of alkyl halides is 1. The second-order valence-electron chi connectivity index (χ2n) is 8.03. The molecule has 0 aliphatic rings. The molecule has 0 rings (SSSR count). The van der Waals surface area contributed by atoms with Crippen LogP contribution in [0, 0.1) is 0 Å². The van der Waals surface area contributed by atoms with Crippen LogP contribution >= 0.6 is 15.9 Å². The van der Waals surface area contributed by atoms with E-state index >= 15 is 0 Å². The number of carbonyl (C=O) groups excluding carboxylic acids is 1. The van der Waals surface area contributed by atoms with Crippen LogP contribution in [0.1, 0.15) is 73.1 Å². The molecular formula is C25H46Br2NO4-. The maximum atomic E-state index is 9.41. The van der Waals surface area contributed by atoms with Crippen molar-refractivity contribution in [2.45, 2.75) is 73.1 Å². The lowest BCUT2D eigenvalue weighted by atomic mass is 10.0. The number of halogens is 2. The summed E-state index contributed by atoms with van der Waals surface area (Å²) < 4.78 is 0. The maximum absolute atomic E-state index is 9.41. The quantitative estimate of drug-likeness (QED) is 0.176. The van der Waals surface area contributed by atoms with Crippen LogP contribution in [0.15, 0.2) is 46.6 Å². The number of quaternary nitrogens is 1. The topological polar surface area (TPSA) is 85.0 Å². The third-order valence-corrected chi connectivity index (χ3v) is 5.05. The molecule has 0 aromatic heterocycles. The zero-order valence-corrected chi connectivity index (χ0v) is 24.3. The van der Waals surface area contributed by atoms with Gasteiger partial charge in [0.1, 0.15) is 5.45 Å². The molecule has 0 spiro atoms. The zero-order valence-electron chi connectivity index (χ0n) is 21.1. The fourth-order valence-corrected chi connectivity index (χ4v) is 2.20. The predicted octanol–water partition coefficient (Wildman–Crippen LogP) is 0.340. The summed E-state index contributed by atoms with van der Waals surface area (Å²) in [5.74, 6) is -1.08. The summed E-state index contributed by atoms with van der Waals surface area (Å²) in [6.07, 6.45) is 14.6. The first-order valence-corrected chi connectivity index (χ1v) is 12.0. The summed E-state index contributed by atoms with van der Waals surface area (Å²) in [4.78, 5) is 10.3. The summed E-state index contributed by atoms with van der Waals surface area (Å²) in [6, 6.07) is 0. The molecule has 7 heteroatoms. The second-order valence-corrected chi connectivity index (χ2v) is 8.59. The van der Waals surface area contributed by atoms with Crippen molar-refractivity contribution in [2.75, 3.05) is 32.8 Å². The number of allylic oxidation sites excluding steroid dienone is 6. The molecule has 0 amide bonds. The summed E-state index contributed by atoms with van der Waals surface area (Å²) in [7, 11) is 4.18. The number of carbonyl (C=O) groups is 1. The molecule has 3 N–H and O–H groups in total. The van der Waals surface area contributed by atoms with Gasteiger partial charge in [-0.2, -0.15) is 0 Å². The summed E-state index contributed by atoms with van der Waals surface area (Å²) >= 11 is 3.28. The molecule has 5 nitrogen and oxygen atoms in total. The highest BCUT2D eigenvalue weighted by Gasteiger charge is 1.96. The Labute approximate surface area is 215 Å². The lowest BCUT2D eigenvalue weighted by Gasteiger charge is -2.04. The Kier molecular flexibility index (Phi) is 34.1. The van der Waals surface area contributed by atoms with Gasteiger partial charge in [-0.3, -0.25) is 0 Å². The Morgan fingerprint density at radius 1 is 0.844 bits per heavy atom. The normalized spacial score (nSPS) is 11.5. The van der Waals surface area contributed by atoms with E-state index in [0.717, 1.165) is 56.5 Å². The Morgan fingerprint density at radius 3 is 1.62 bits per heavy atom. The van der Waals surface area contributed by atoms with Crippen LogP contribution in [0.4, 0.5) is 0 Å². The number of nitrogens with one attached hydrogen (secondary N) is 1. The minimum atomic E-state index is -1.08. The molecule has 0 saturated heterocycles. The van der Waals surface area contributed by atoms with E-state index in [0.29, 0.717) is 0 Å². The molecule has 0 fully saturated rings. The van der Waals surface area contributed by atoms with Gasteiger partial charge in [-0.05, 0) is 94.6 Å². The summed E-state index contributed by atoms with van der Waals surface area (Å²) in [5.41, 5.74) is 6.16. The van der Waals surface area contributed by atoms with Crippen LogP contribution in [0.5, 0.6) is 0 Å². The molecule has 0 saturated carbocycles. The van der Waals surface area contributed by atoms with Crippen molar-refractivity contribution in [3.8, 4) is 0 Å². The Morgan fingerprint density at radius 2 is 1.25 bits per heavy atom. The zero-order chi connectivity index (χ0) is 24.7. The minimum Gasteiger partial charge on any atom is -1.00 e. The Bertz CT molecular complexity index is 560. The Hall–Kier alpha value is -0.730. The fraction of sp³-hybridized carbons (Fsp3) is 0.640. The van der Waals surface area contributed by atoms with E-state index in [4.69, 9.17) is 15.0 Å². The number of rotatable bonds is 12. The molecule has 0 aromatic carbocycles. The van der Waals surface area contributed by atoms with Crippen LogP contribution in [0.25, 0.3) is 0 Å². The summed E-state index contributed by atoms with van der Waals surface area (Å²) in [6.45, 7) is 9.71.